The molecule has 1 amide bonds. The summed E-state index contributed by atoms with van der Waals surface area (Å²) in [6, 6.07) is 7.77. The standard InChI is InChI=1S/C17H22N2O3S2/c1-3-4-8-16(20)18-17-19(13-7-5-6-12(2)9-13)14-10-24(21,22)11-15(14)23-17/h5-7,9,14-15H,3-4,8,10-11H2,1-2H3/t14-,15+/m0/s1. The average Bonchev–Trinajstić information content (AvgIpc) is 2.96. The van der Waals surface area contributed by atoms with Gasteiger partial charge in [0.25, 0.3) is 0 Å². The van der Waals surface area contributed by atoms with Crippen molar-refractivity contribution < 1.29 is 13.2 Å². The molecule has 2 aliphatic rings. The molecule has 0 bridgehead atoms. The maximum atomic E-state index is 12.1. The molecule has 2 heterocycles. The minimum Gasteiger partial charge on any atom is -0.316 e. The number of aryl methyl sites for hydroxylation is 1. The Labute approximate surface area is 147 Å². The minimum absolute atomic E-state index is 0.0479. The summed E-state index contributed by atoms with van der Waals surface area (Å²) < 4.78 is 24.0. The smallest absolute Gasteiger partial charge is 0.248 e. The number of benzene rings is 1. The number of carbonyl (C=O) groups excluding carboxylic acids is 1. The summed E-state index contributed by atoms with van der Waals surface area (Å²) in [6.45, 7) is 4.04. The van der Waals surface area contributed by atoms with Crippen molar-refractivity contribution in [2.45, 2.75) is 44.4 Å². The van der Waals surface area contributed by atoms with Gasteiger partial charge in [0, 0.05) is 17.4 Å². The van der Waals surface area contributed by atoms with Crippen LogP contribution >= 0.6 is 11.8 Å². The van der Waals surface area contributed by atoms with Crippen molar-refractivity contribution in [3.8, 4) is 0 Å². The lowest BCUT2D eigenvalue weighted by molar-refractivity contribution is -0.117. The molecule has 0 radical (unpaired) electrons. The van der Waals surface area contributed by atoms with Gasteiger partial charge in [0.05, 0.1) is 17.5 Å². The van der Waals surface area contributed by atoms with E-state index < -0.39 is 9.84 Å². The van der Waals surface area contributed by atoms with Crippen LogP contribution < -0.4 is 4.90 Å². The Morgan fingerprint density at radius 3 is 2.88 bits per heavy atom. The summed E-state index contributed by atoms with van der Waals surface area (Å²) in [4.78, 5) is 18.4. The van der Waals surface area contributed by atoms with Crippen LogP contribution in [-0.2, 0) is 14.6 Å². The van der Waals surface area contributed by atoms with Gasteiger partial charge in [-0.05, 0) is 31.0 Å². The van der Waals surface area contributed by atoms with Crippen molar-refractivity contribution in [1.29, 1.82) is 0 Å². The maximum absolute atomic E-state index is 12.1. The lowest BCUT2D eigenvalue weighted by atomic mass is 10.1. The van der Waals surface area contributed by atoms with Gasteiger partial charge in [-0.2, -0.15) is 4.99 Å². The minimum atomic E-state index is -3.03. The van der Waals surface area contributed by atoms with Crippen LogP contribution in [0.3, 0.4) is 0 Å². The highest BCUT2D eigenvalue weighted by atomic mass is 32.2. The van der Waals surface area contributed by atoms with Gasteiger partial charge in [-0.3, -0.25) is 4.79 Å². The third-order valence-electron chi connectivity index (χ3n) is 4.31. The highest BCUT2D eigenvalue weighted by Gasteiger charge is 2.49. The number of hydrogen-bond donors (Lipinski definition) is 0. The summed E-state index contributed by atoms with van der Waals surface area (Å²) in [5, 5.41) is 0.597. The molecule has 0 aliphatic carbocycles. The van der Waals surface area contributed by atoms with Gasteiger partial charge in [-0.25, -0.2) is 8.42 Å². The van der Waals surface area contributed by atoms with Crippen LogP contribution in [0.1, 0.15) is 31.7 Å². The zero-order chi connectivity index (χ0) is 17.3. The molecule has 2 aliphatic heterocycles. The SMILES string of the molecule is CCCCC(=O)N=C1S[C@@H]2CS(=O)(=O)C[C@@H]2N1c1cccc(C)c1. The van der Waals surface area contributed by atoms with E-state index in [9.17, 15) is 13.2 Å². The Morgan fingerprint density at radius 1 is 1.38 bits per heavy atom. The first kappa shape index (κ1) is 17.5. The molecule has 2 fully saturated rings. The molecule has 0 saturated carbocycles. The predicted molar refractivity (Wildman–Crippen MR) is 99.4 cm³/mol. The molecular weight excluding hydrogens is 344 g/mol. The van der Waals surface area contributed by atoms with Crippen molar-refractivity contribution in [2.24, 2.45) is 4.99 Å². The number of hydrogen-bond acceptors (Lipinski definition) is 4. The Morgan fingerprint density at radius 2 is 2.17 bits per heavy atom. The lowest BCUT2D eigenvalue weighted by Crippen LogP contribution is -2.37. The van der Waals surface area contributed by atoms with Crippen LogP contribution in [0.2, 0.25) is 0 Å². The van der Waals surface area contributed by atoms with Gasteiger partial charge in [0.1, 0.15) is 0 Å². The average molecular weight is 367 g/mol. The second-order valence-electron chi connectivity index (χ2n) is 6.40. The van der Waals surface area contributed by atoms with E-state index in [-0.39, 0.29) is 28.7 Å². The van der Waals surface area contributed by atoms with Crippen LogP contribution in [0.15, 0.2) is 29.3 Å². The molecule has 2 atom stereocenters. The van der Waals surface area contributed by atoms with Gasteiger partial charge < -0.3 is 4.90 Å². The van der Waals surface area contributed by atoms with E-state index in [4.69, 9.17) is 0 Å². The molecule has 1 aromatic rings. The first-order valence-electron chi connectivity index (χ1n) is 8.24. The van der Waals surface area contributed by atoms with Crippen molar-refractivity contribution in [3.05, 3.63) is 29.8 Å². The molecule has 7 heteroatoms. The Kier molecular flexibility index (Phi) is 5.01. The summed E-state index contributed by atoms with van der Waals surface area (Å²) in [6.07, 6.45) is 2.22. The number of sulfone groups is 1. The fraction of sp³-hybridized carbons (Fsp3) is 0.529. The summed E-state index contributed by atoms with van der Waals surface area (Å²) >= 11 is 1.43. The number of amidine groups is 1. The molecule has 24 heavy (non-hydrogen) atoms. The highest BCUT2D eigenvalue weighted by molar-refractivity contribution is 8.16. The van der Waals surface area contributed by atoms with Crippen LogP contribution in [-0.4, -0.2) is 42.3 Å². The largest absolute Gasteiger partial charge is 0.316 e. The number of amides is 1. The predicted octanol–water partition coefficient (Wildman–Crippen LogP) is 2.79. The maximum Gasteiger partial charge on any atom is 0.248 e. The molecule has 1 aromatic carbocycles. The molecule has 130 valence electrons. The molecule has 0 N–H and O–H groups in total. The van der Waals surface area contributed by atoms with Gasteiger partial charge in [0.2, 0.25) is 5.91 Å². The quantitative estimate of drug-likeness (QED) is 0.820. The zero-order valence-corrected chi connectivity index (χ0v) is 15.6. The first-order chi connectivity index (χ1) is 11.4. The second-order valence-corrected chi connectivity index (χ2v) is 9.76. The zero-order valence-electron chi connectivity index (χ0n) is 13.9. The normalized spacial score (nSPS) is 26.8. The molecule has 5 nitrogen and oxygen atoms in total. The topological polar surface area (TPSA) is 66.8 Å². The fourth-order valence-electron chi connectivity index (χ4n) is 3.13. The molecule has 0 spiro atoms. The lowest BCUT2D eigenvalue weighted by Gasteiger charge is -2.24. The summed E-state index contributed by atoms with van der Waals surface area (Å²) in [5.41, 5.74) is 2.01. The van der Waals surface area contributed by atoms with Crippen molar-refractivity contribution in [1.82, 2.24) is 0 Å². The second kappa shape index (κ2) is 6.88. The first-order valence-corrected chi connectivity index (χ1v) is 10.9. The van der Waals surface area contributed by atoms with Gasteiger partial charge in [0.15, 0.2) is 15.0 Å². The van der Waals surface area contributed by atoms with E-state index in [0.29, 0.717) is 11.6 Å². The number of nitrogens with zero attached hydrogens (tertiary/aromatic N) is 2. The molecule has 0 aromatic heterocycles. The monoisotopic (exact) mass is 366 g/mol. The highest BCUT2D eigenvalue weighted by Crippen LogP contribution is 2.41. The number of thioether (sulfide) groups is 1. The number of aliphatic imine (C=N–C) groups is 1. The molecule has 3 rings (SSSR count). The van der Waals surface area contributed by atoms with Crippen LogP contribution in [0.4, 0.5) is 5.69 Å². The van der Waals surface area contributed by atoms with Gasteiger partial charge in [-0.15, -0.1) is 0 Å². The molecule has 2 saturated heterocycles. The number of carbonyl (C=O) groups is 1. The fourth-order valence-corrected chi connectivity index (χ4v) is 7.07. The van der Waals surface area contributed by atoms with E-state index in [1.165, 1.54) is 11.8 Å². The van der Waals surface area contributed by atoms with E-state index in [1.54, 1.807) is 0 Å². The number of unbranched alkanes of at least 4 members (excludes halogenated alkanes) is 1. The Hall–Kier alpha value is -1.34. The summed E-state index contributed by atoms with van der Waals surface area (Å²) in [5.74, 6) is 0.160. The van der Waals surface area contributed by atoms with Crippen molar-refractivity contribution >= 4 is 38.4 Å². The molecular formula is C17H22N2O3S2. The van der Waals surface area contributed by atoms with Gasteiger partial charge >= 0.3 is 0 Å². The Bertz CT molecular complexity index is 774. The summed E-state index contributed by atoms with van der Waals surface area (Å²) in [7, 11) is -3.03. The Balaban J connectivity index is 1.94. The van der Waals surface area contributed by atoms with E-state index in [1.807, 2.05) is 43.0 Å². The van der Waals surface area contributed by atoms with Gasteiger partial charge in [-0.1, -0.05) is 37.2 Å². The van der Waals surface area contributed by atoms with Crippen LogP contribution in [0.25, 0.3) is 0 Å². The van der Waals surface area contributed by atoms with Crippen LogP contribution in [0.5, 0.6) is 0 Å². The van der Waals surface area contributed by atoms with Crippen molar-refractivity contribution in [2.75, 3.05) is 16.4 Å². The van der Waals surface area contributed by atoms with E-state index in [2.05, 4.69) is 4.99 Å². The van der Waals surface area contributed by atoms with E-state index in [0.717, 1.165) is 24.1 Å². The van der Waals surface area contributed by atoms with Crippen molar-refractivity contribution in [3.63, 3.8) is 0 Å². The van der Waals surface area contributed by atoms with Crippen LogP contribution in [0, 0.1) is 6.92 Å². The number of anilines is 1. The number of fused-ring (bicyclic) bond motifs is 1. The van der Waals surface area contributed by atoms with E-state index >= 15 is 0 Å². The number of rotatable bonds is 4. The third kappa shape index (κ3) is 3.67. The molecule has 0 unspecified atom stereocenters. The third-order valence-corrected chi connectivity index (χ3v) is 7.52.